The SMILES string of the molecule is [C-]#[N+]c1cc(-c2nc(-c3cccc4c3CCC[C@@H]4N(CC(=O)O)C(=O)OC(C)(C)C)no2)ccc1OC(C)C.[C-]#[N+]c1cc(-c2nc(-c3cccc4c3CCC[C@@H]4NCC(=O)N3CCCC3)no2)ccc1OC(C)C. The third-order valence-electron chi connectivity index (χ3n) is 13.0. The highest BCUT2D eigenvalue weighted by Gasteiger charge is 2.35. The number of benzene rings is 4. The highest BCUT2D eigenvalue weighted by atomic mass is 16.6. The first kappa shape index (κ1) is 53.2. The molecule has 1 saturated heterocycles. The van der Waals surface area contributed by atoms with Crippen molar-refractivity contribution in [2.75, 3.05) is 26.2 Å². The monoisotopic (exact) mass is 1020 g/mol. The number of carboxylic acids is 1. The number of ether oxygens (including phenoxy) is 3. The van der Waals surface area contributed by atoms with E-state index in [1.807, 2.05) is 69.0 Å². The summed E-state index contributed by atoms with van der Waals surface area (Å²) in [5, 5.41) is 21.5. The number of aliphatic carboxylic acids is 1. The van der Waals surface area contributed by atoms with Gasteiger partial charge in [0.25, 0.3) is 11.8 Å². The Kier molecular flexibility index (Phi) is 16.6. The van der Waals surface area contributed by atoms with Crippen molar-refractivity contribution in [2.45, 2.75) is 130 Å². The van der Waals surface area contributed by atoms with E-state index in [0.717, 1.165) is 73.9 Å². The van der Waals surface area contributed by atoms with E-state index in [2.05, 4.69) is 41.4 Å². The second-order valence-electron chi connectivity index (χ2n) is 20.3. The lowest BCUT2D eigenvalue weighted by Crippen LogP contribution is -2.43. The van der Waals surface area contributed by atoms with Crippen LogP contribution in [0.5, 0.6) is 11.5 Å². The Bertz CT molecular complexity index is 3120. The molecule has 2 atom stereocenters. The largest absolute Gasteiger partial charge is 0.502 e. The van der Waals surface area contributed by atoms with Crippen LogP contribution in [-0.2, 0) is 27.2 Å². The fourth-order valence-corrected chi connectivity index (χ4v) is 9.77. The summed E-state index contributed by atoms with van der Waals surface area (Å²) in [6, 6.07) is 21.9. The van der Waals surface area contributed by atoms with Crippen molar-refractivity contribution >= 4 is 29.3 Å². The molecule has 0 radical (unpaired) electrons. The van der Waals surface area contributed by atoms with Crippen LogP contribution in [0.25, 0.3) is 55.4 Å². The number of carbonyl (C=O) groups is 3. The van der Waals surface area contributed by atoms with Gasteiger partial charge in [0.1, 0.15) is 23.6 Å². The van der Waals surface area contributed by atoms with Crippen molar-refractivity contribution in [2.24, 2.45) is 0 Å². The summed E-state index contributed by atoms with van der Waals surface area (Å²) in [5.41, 5.74) is 7.14. The second-order valence-corrected chi connectivity index (χ2v) is 20.3. The summed E-state index contributed by atoms with van der Waals surface area (Å²) in [6.45, 7) is 29.5. The fraction of sp³-hybridized carbons (Fsp3) is 0.421. The molecule has 1 fully saturated rings. The van der Waals surface area contributed by atoms with Gasteiger partial charge in [0.05, 0.1) is 37.9 Å². The van der Waals surface area contributed by atoms with Gasteiger partial charge in [-0.2, -0.15) is 9.97 Å². The zero-order chi connectivity index (χ0) is 53.4. The maximum absolute atomic E-state index is 13.0. The Morgan fingerprint density at radius 1 is 0.760 bits per heavy atom. The third kappa shape index (κ3) is 12.8. The average molecular weight is 1020 g/mol. The predicted octanol–water partition coefficient (Wildman–Crippen LogP) is 11.8. The van der Waals surface area contributed by atoms with Crippen molar-refractivity contribution in [3.05, 3.63) is 118 Å². The quantitative estimate of drug-likeness (QED) is 0.0975. The molecule has 0 bridgehead atoms. The van der Waals surface area contributed by atoms with Gasteiger partial charge in [-0.1, -0.05) is 46.7 Å². The molecule has 18 nitrogen and oxygen atoms in total. The van der Waals surface area contributed by atoms with E-state index < -0.39 is 30.3 Å². The van der Waals surface area contributed by atoms with Gasteiger partial charge >= 0.3 is 12.1 Å². The first-order chi connectivity index (χ1) is 36.0. The Balaban J connectivity index is 0.000000200. The van der Waals surface area contributed by atoms with Crippen LogP contribution >= 0.6 is 0 Å². The number of amides is 2. The number of nitrogens with zero attached hydrogens (tertiary/aromatic N) is 8. The van der Waals surface area contributed by atoms with E-state index in [1.54, 1.807) is 51.1 Å². The van der Waals surface area contributed by atoms with E-state index in [0.29, 0.717) is 70.9 Å². The smallest absolute Gasteiger partial charge is 0.411 e. The first-order valence-corrected chi connectivity index (χ1v) is 25.5. The van der Waals surface area contributed by atoms with Crippen LogP contribution in [0.3, 0.4) is 0 Å². The molecule has 0 saturated carbocycles. The number of carboxylic acid groups (broad SMARTS) is 1. The van der Waals surface area contributed by atoms with Crippen LogP contribution < -0.4 is 14.8 Å². The van der Waals surface area contributed by atoms with Gasteiger partial charge < -0.3 is 38.6 Å². The molecular formula is C57H63N9O9. The number of hydrogen-bond acceptors (Lipinski definition) is 13. The van der Waals surface area contributed by atoms with Gasteiger partial charge in [-0.3, -0.25) is 14.5 Å². The van der Waals surface area contributed by atoms with Gasteiger partial charge in [-0.05, 0) is 158 Å². The molecule has 0 unspecified atom stereocenters. The van der Waals surface area contributed by atoms with Crippen LogP contribution in [0, 0.1) is 13.1 Å². The molecule has 2 aliphatic carbocycles. The highest BCUT2D eigenvalue weighted by molar-refractivity contribution is 5.79. The van der Waals surface area contributed by atoms with Gasteiger partial charge in [0, 0.05) is 41.4 Å². The number of nitrogens with one attached hydrogen (secondary N) is 1. The van der Waals surface area contributed by atoms with E-state index in [-0.39, 0.29) is 30.0 Å². The lowest BCUT2D eigenvalue weighted by molar-refractivity contribution is -0.139. The number of hydrogen-bond donors (Lipinski definition) is 2. The van der Waals surface area contributed by atoms with Crippen LogP contribution in [0.15, 0.2) is 81.8 Å². The number of likely N-dealkylation sites (tertiary alicyclic amines) is 1. The normalized spacial score (nSPS) is 16.0. The Morgan fingerprint density at radius 2 is 1.28 bits per heavy atom. The summed E-state index contributed by atoms with van der Waals surface area (Å²) in [7, 11) is 0. The lowest BCUT2D eigenvalue weighted by atomic mass is 9.84. The van der Waals surface area contributed by atoms with Crippen LogP contribution in [0.2, 0.25) is 0 Å². The zero-order valence-electron chi connectivity index (χ0n) is 43.5. The Morgan fingerprint density at radius 3 is 1.79 bits per heavy atom. The van der Waals surface area contributed by atoms with E-state index in [1.165, 1.54) is 16.0 Å². The molecule has 4 aromatic carbocycles. The van der Waals surface area contributed by atoms with E-state index in [4.69, 9.17) is 36.4 Å². The van der Waals surface area contributed by atoms with Gasteiger partial charge in [0.2, 0.25) is 28.9 Å². The molecular weight excluding hydrogens is 955 g/mol. The Hall–Kier alpha value is -8.09. The minimum absolute atomic E-state index is 0.0210. The average Bonchev–Trinajstić information content (AvgIpc) is 4.21. The van der Waals surface area contributed by atoms with Crippen molar-refractivity contribution in [1.29, 1.82) is 0 Å². The van der Waals surface area contributed by atoms with Crippen molar-refractivity contribution in [3.63, 3.8) is 0 Å². The highest BCUT2D eigenvalue weighted by Crippen LogP contribution is 2.41. The molecule has 6 aromatic rings. The minimum Gasteiger partial charge on any atom is -0.502 e. The summed E-state index contributed by atoms with van der Waals surface area (Å²) in [4.78, 5) is 56.9. The molecule has 2 N–H and O–H groups in total. The Labute approximate surface area is 437 Å². The van der Waals surface area contributed by atoms with Gasteiger partial charge in [0.15, 0.2) is 0 Å². The van der Waals surface area contributed by atoms with Crippen LogP contribution in [0.4, 0.5) is 16.2 Å². The molecule has 390 valence electrons. The van der Waals surface area contributed by atoms with E-state index >= 15 is 0 Å². The molecule has 18 heteroatoms. The molecule has 3 aliphatic rings. The van der Waals surface area contributed by atoms with E-state index in [9.17, 15) is 19.5 Å². The number of fused-ring (bicyclic) bond motifs is 2. The van der Waals surface area contributed by atoms with Gasteiger partial charge in [-0.15, -0.1) is 0 Å². The summed E-state index contributed by atoms with van der Waals surface area (Å²) in [6.07, 6.45) is 6.44. The van der Waals surface area contributed by atoms with Crippen molar-refractivity contribution < 1.29 is 42.7 Å². The van der Waals surface area contributed by atoms with Crippen molar-refractivity contribution in [3.8, 4) is 57.2 Å². The fourth-order valence-electron chi connectivity index (χ4n) is 9.77. The summed E-state index contributed by atoms with van der Waals surface area (Å²) in [5.74, 6) is 1.63. The maximum Gasteiger partial charge on any atom is 0.411 e. The van der Waals surface area contributed by atoms with Crippen molar-refractivity contribution in [1.82, 2.24) is 35.4 Å². The third-order valence-corrected chi connectivity index (χ3v) is 13.0. The molecule has 9 rings (SSSR count). The standard InChI is InChI=1S/C29H32N4O6.C28H31N5O3/c1-17(2)37-24-14-13-18(15-22(24)30-6)27-31-26(32-39-27)21-11-7-10-20-19(21)9-8-12-23(20)33(16-25(34)35)28(36)38-29(3,4)5;1-18(2)35-25-13-12-19(16-24(25)29-3)28-31-27(32-36-28)22-10-6-9-21-20(22)8-7-11-23(21)30-17-26(34)33-14-4-5-15-33/h7,10-11,13-15,17,23H,8-9,12,16H2,1-5H3,(H,34,35);6,9-10,12-13,16,18,23,30H,4-5,7-8,11,14-15,17H2,1-2H3/t2*23-/m00/s1. The molecule has 75 heavy (non-hydrogen) atoms. The molecule has 2 amide bonds. The second kappa shape index (κ2) is 23.4. The summed E-state index contributed by atoms with van der Waals surface area (Å²) < 4.78 is 28.2. The van der Waals surface area contributed by atoms with Crippen LogP contribution in [-0.4, -0.2) is 97.1 Å². The lowest BCUT2D eigenvalue weighted by Gasteiger charge is -2.36. The molecule has 3 heterocycles. The number of rotatable bonds is 14. The molecule has 1 aliphatic heterocycles. The van der Waals surface area contributed by atoms with Gasteiger partial charge in [-0.25, -0.2) is 14.5 Å². The predicted molar refractivity (Wildman–Crippen MR) is 280 cm³/mol. The first-order valence-electron chi connectivity index (χ1n) is 25.5. The minimum atomic E-state index is -1.12. The number of aromatic nitrogens is 4. The zero-order valence-corrected chi connectivity index (χ0v) is 43.5. The number of carbonyl (C=O) groups excluding carboxylic acids is 2. The maximum atomic E-state index is 13.0. The molecule has 0 spiro atoms. The summed E-state index contributed by atoms with van der Waals surface area (Å²) >= 11 is 0. The topological polar surface area (TPSA) is 204 Å². The molecule has 2 aromatic heterocycles. The van der Waals surface area contributed by atoms with Crippen LogP contribution in [0.1, 0.15) is 121 Å².